The molecular weight excluding hydrogens is 374 g/mol. The van der Waals surface area contributed by atoms with Crippen LogP contribution < -0.4 is 0 Å². The predicted molar refractivity (Wildman–Crippen MR) is 113 cm³/mol. The SMILES string of the molecule is C/C=C/CCCCCCC[N+](CCCC(=O)O)(CCCC(=O)O)CCCC(=O)O. The molecule has 0 saturated carbocycles. The largest absolute Gasteiger partial charge is 0.481 e. The molecule has 0 aromatic rings. The van der Waals surface area contributed by atoms with E-state index in [1.165, 1.54) is 12.8 Å². The quantitative estimate of drug-likeness (QED) is 0.155. The van der Waals surface area contributed by atoms with E-state index in [0.717, 1.165) is 32.2 Å². The summed E-state index contributed by atoms with van der Waals surface area (Å²) in [6.07, 6.45) is 12.8. The summed E-state index contributed by atoms with van der Waals surface area (Å²) in [5.74, 6) is -2.50. The first-order valence-corrected chi connectivity index (χ1v) is 10.9. The van der Waals surface area contributed by atoms with Crippen LogP contribution in [0.2, 0.25) is 0 Å². The minimum atomic E-state index is -0.833. The van der Waals surface area contributed by atoms with Crippen molar-refractivity contribution in [3.8, 4) is 0 Å². The van der Waals surface area contributed by atoms with E-state index in [2.05, 4.69) is 12.2 Å². The van der Waals surface area contributed by atoms with Gasteiger partial charge in [0, 0.05) is 19.3 Å². The van der Waals surface area contributed by atoms with Crippen LogP contribution in [0.3, 0.4) is 0 Å². The molecule has 168 valence electrons. The van der Waals surface area contributed by atoms with E-state index in [-0.39, 0.29) is 19.3 Å². The number of hydrogen-bond acceptors (Lipinski definition) is 3. The van der Waals surface area contributed by atoms with Crippen LogP contribution in [0, 0.1) is 0 Å². The first-order valence-electron chi connectivity index (χ1n) is 10.9. The average Bonchev–Trinajstić information content (AvgIpc) is 2.63. The summed E-state index contributed by atoms with van der Waals surface area (Å²) in [6.45, 7) is 4.86. The van der Waals surface area contributed by atoms with E-state index >= 15 is 0 Å². The highest BCUT2D eigenvalue weighted by molar-refractivity contribution is 5.67. The molecule has 0 spiro atoms. The molecule has 0 aliphatic carbocycles. The van der Waals surface area contributed by atoms with Crippen LogP contribution in [0.15, 0.2) is 12.2 Å². The fourth-order valence-corrected chi connectivity index (χ4v) is 3.77. The number of carboxylic acid groups (broad SMARTS) is 3. The summed E-state index contributed by atoms with van der Waals surface area (Å²) in [7, 11) is 0. The molecule has 0 aromatic heterocycles. The van der Waals surface area contributed by atoms with Gasteiger partial charge in [-0.2, -0.15) is 0 Å². The van der Waals surface area contributed by atoms with Gasteiger partial charge in [-0.25, -0.2) is 0 Å². The van der Waals surface area contributed by atoms with E-state index in [1.54, 1.807) is 0 Å². The highest BCUT2D eigenvalue weighted by Gasteiger charge is 2.27. The second-order valence-corrected chi connectivity index (χ2v) is 7.85. The highest BCUT2D eigenvalue weighted by atomic mass is 16.4. The van der Waals surface area contributed by atoms with E-state index in [4.69, 9.17) is 15.3 Å². The molecule has 0 unspecified atom stereocenters. The number of unbranched alkanes of at least 4 members (excludes halogenated alkanes) is 5. The summed E-state index contributed by atoms with van der Waals surface area (Å²) in [4.78, 5) is 32.8. The molecule has 0 amide bonds. The van der Waals surface area contributed by atoms with Gasteiger partial charge in [0.1, 0.15) is 0 Å². The Labute approximate surface area is 175 Å². The number of carbonyl (C=O) groups is 3. The molecule has 7 nitrogen and oxygen atoms in total. The van der Waals surface area contributed by atoms with E-state index in [1.807, 2.05) is 6.92 Å². The topological polar surface area (TPSA) is 112 Å². The third-order valence-corrected chi connectivity index (χ3v) is 5.31. The number of rotatable bonds is 20. The first kappa shape index (κ1) is 27.1. The van der Waals surface area contributed by atoms with Crippen molar-refractivity contribution < 1.29 is 34.2 Å². The lowest BCUT2D eigenvalue weighted by atomic mass is 10.1. The third kappa shape index (κ3) is 16.7. The zero-order valence-electron chi connectivity index (χ0n) is 18.0. The molecule has 0 aromatic carbocycles. The van der Waals surface area contributed by atoms with Gasteiger partial charge in [-0.1, -0.05) is 25.0 Å². The zero-order chi connectivity index (χ0) is 22.0. The fourth-order valence-electron chi connectivity index (χ4n) is 3.77. The van der Waals surface area contributed by atoms with Crippen molar-refractivity contribution in [2.75, 3.05) is 26.2 Å². The zero-order valence-corrected chi connectivity index (χ0v) is 18.0. The molecular formula is C22H40NO6+. The van der Waals surface area contributed by atoms with Crippen LogP contribution in [0.25, 0.3) is 0 Å². The Morgan fingerprint density at radius 1 is 0.621 bits per heavy atom. The van der Waals surface area contributed by atoms with Gasteiger partial charge in [0.15, 0.2) is 0 Å². The lowest BCUT2D eigenvalue weighted by Gasteiger charge is -2.39. The molecule has 0 heterocycles. The van der Waals surface area contributed by atoms with Crippen molar-refractivity contribution in [1.82, 2.24) is 0 Å². The molecule has 3 N–H and O–H groups in total. The maximum Gasteiger partial charge on any atom is 0.303 e. The molecule has 29 heavy (non-hydrogen) atoms. The monoisotopic (exact) mass is 414 g/mol. The van der Waals surface area contributed by atoms with Crippen molar-refractivity contribution in [2.24, 2.45) is 0 Å². The van der Waals surface area contributed by atoms with Gasteiger partial charge in [-0.05, 0) is 32.6 Å². The smallest absolute Gasteiger partial charge is 0.303 e. The standard InChI is InChI=1S/C22H39NO6/c1-2-3-4-5-6-7-8-9-16-23(17-10-13-20(24)25,18-11-14-21(26)27)19-12-15-22(28)29/h2-3H,4-19H2,1H3,(H2-,24,25,26,27,28,29)/p+1/b3-2+. The molecule has 0 aliphatic heterocycles. The molecule has 0 aliphatic rings. The Kier molecular flexibility index (Phi) is 15.9. The Morgan fingerprint density at radius 3 is 1.41 bits per heavy atom. The minimum absolute atomic E-state index is 0.0861. The average molecular weight is 415 g/mol. The first-order chi connectivity index (χ1) is 13.8. The van der Waals surface area contributed by atoms with Crippen molar-refractivity contribution in [1.29, 1.82) is 0 Å². The summed E-state index contributed by atoms with van der Waals surface area (Å²) >= 11 is 0. The summed E-state index contributed by atoms with van der Waals surface area (Å²) < 4.78 is 0.631. The van der Waals surface area contributed by atoms with Crippen LogP contribution in [0.4, 0.5) is 0 Å². The van der Waals surface area contributed by atoms with Crippen LogP contribution in [-0.2, 0) is 14.4 Å². The molecule has 7 heteroatoms. The summed E-state index contributed by atoms with van der Waals surface area (Å²) in [5.41, 5.74) is 0. The van der Waals surface area contributed by atoms with Gasteiger partial charge in [0.2, 0.25) is 0 Å². The van der Waals surface area contributed by atoms with Gasteiger partial charge in [0.05, 0.1) is 45.4 Å². The molecule has 0 saturated heterocycles. The van der Waals surface area contributed by atoms with E-state index in [9.17, 15) is 14.4 Å². The predicted octanol–water partition coefficient (Wildman–Crippen LogP) is 4.31. The van der Waals surface area contributed by atoms with Crippen LogP contribution in [-0.4, -0.2) is 63.9 Å². The molecule has 0 radical (unpaired) electrons. The van der Waals surface area contributed by atoms with Crippen LogP contribution in [0.1, 0.15) is 84.0 Å². The van der Waals surface area contributed by atoms with Crippen molar-refractivity contribution in [3.05, 3.63) is 12.2 Å². The lowest BCUT2D eigenvalue weighted by molar-refractivity contribution is -0.929. The fraction of sp³-hybridized carbons (Fsp3) is 0.773. The second-order valence-electron chi connectivity index (χ2n) is 7.85. The van der Waals surface area contributed by atoms with Crippen LogP contribution in [0.5, 0.6) is 0 Å². The van der Waals surface area contributed by atoms with Gasteiger partial charge >= 0.3 is 17.9 Å². The number of allylic oxidation sites excluding steroid dienone is 2. The Hall–Kier alpha value is -1.89. The number of carboxylic acids is 3. The summed E-state index contributed by atoms with van der Waals surface area (Å²) in [5, 5.41) is 26.9. The number of quaternary nitrogens is 1. The van der Waals surface area contributed by atoms with Crippen LogP contribution >= 0.6 is 0 Å². The van der Waals surface area contributed by atoms with Crippen molar-refractivity contribution >= 4 is 17.9 Å². The highest BCUT2D eigenvalue weighted by Crippen LogP contribution is 2.18. The molecule has 0 rings (SSSR count). The maximum absolute atomic E-state index is 10.9. The minimum Gasteiger partial charge on any atom is -0.481 e. The Morgan fingerprint density at radius 2 is 1.00 bits per heavy atom. The number of aliphatic carboxylic acids is 3. The molecule has 0 bridgehead atoms. The summed E-state index contributed by atoms with van der Waals surface area (Å²) in [6, 6.07) is 0. The third-order valence-electron chi connectivity index (χ3n) is 5.31. The van der Waals surface area contributed by atoms with E-state index < -0.39 is 17.9 Å². The number of hydrogen-bond donors (Lipinski definition) is 3. The molecule has 0 fully saturated rings. The van der Waals surface area contributed by atoms with Gasteiger partial charge in [-0.15, -0.1) is 0 Å². The van der Waals surface area contributed by atoms with Gasteiger partial charge < -0.3 is 19.8 Å². The van der Waals surface area contributed by atoms with Gasteiger partial charge in [0.25, 0.3) is 0 Å². The Balaban J connectivity index is 4.76. The van der Waals surface area contributed by atoms with Crippen molar-refractivity contribution in [2.45, 2.75) is 84.0 Å². The number of nitrogens with zero attached hydrogens (tertiary/aromatic N) is 1. The normalized spacial score (nSPS) is 11.8. The second kappa shape index (κ2) is 17.0. The Bertz CT molecular complexity index is 453. The van der Waals surface area contributed by atoms with Gasteiger partial charge in [-0.3, -0.25) is 14.4 Å². The maximum atomic E-state index is 10.9. The lowest BCUT2D eigenvalue weighted by Crippen LogP contribution is -2.51. The van der Waals surface area contributed by atoms with Crippen molar-refractivity contribution in [3.63, 3.8) is 0 Å². The molecule has 0 atom stereocenters. The van der Waals surface area contributed by atoms with E-state index in [0.29, 0.717) is 43.4 Å².